The maximum atomic E-state index is 11.2. The third kappa shape index (κ3) is 4.54. The summed E-state index contributed by atoms with van der Waals surface area (Å²) >= 11 is 0. The van der Waals surface area contributed by atoms with Crippen LogP contribution in [0.25, 0.3) is 0 Å². The number of hydrogen-bond donors (Lipinski definition) is 1. The van der Waals surface area contributed by atoms with Crippen molar-refractivity contribution in [1.82, 2.24) is 4.90 Å². The first kappa shape index (κ1) is 18.4. The minimum absolute atomic E-state index is 0.0135. The highest BCUT2D eigenvalue weighted by atomic mass is 16.6. The molecule has 0 aliphatic rings. The van der Waals surface area contributed by atoms with Gasteiger partial charge >= 0.3 is 0 Å². The molecule has 0 unspecified atom stereocenters. The van der Waals surface area contributed by atoms with Gasteiger partial charge in [0.15, 0.2) is 0 Å². The maximum absolute atomic E-state index is 11.2. The van der Waals surface area contributed by atoms with Crippen molar-refractivity contribution >= 4 is 17.7 Å². The van der Waals surface area contributed by atoms with Crippen molar-refractivity contribution in [3.05, 3.63) is 63.7 Å². The van der Waals surface area contributed by atoms with Gasteiger partial charge in [-0.05, 0) is 43.9 Å². The number of methoxy groups -OCH3 is 1. The molecule has 0 aromatic heterocycles. The van der Waals surface area contributed by atoms with Crippen LogP contribution < -0.4 is 10.1 Å². The lowest BCUT2D eigenvalue weighted by Gasteiger charge is -2.26. The lowest BCUT2D eigenvalue weighted by Crippen LogP contribution is -2.27. The Morgan fingerprint density at radius 3 is 2.64 bits per heavy atom. The zero-order valence-electron chi connectivity index (χ0n) is 14.4. The predicted molar refractivity (Wildman–Crippen MR) is 96.4 cm³/mol. The Bertz CT molecular complexity index is 762. The van der Waals surface area contributed by atoms with Gasteiger partial charge in [0.1, 0.15) is 17.7 Å². The van der Waals surface area contributed by atoms with Gasteiger partial charge in [-0.25, -0.2) is 0 Å². The second-order valence-corrected chi connectivity index (χ2v) is 5.79. The van der Waals surface area contributed by atoms with Crippen LogP contribution in [0.1, 0.15) is 22.0 Å². The van der Waals surface area contributed by atoms with Crippen LogP contribution in [0.2, 0.25) is 0 Å². The summed E-state index contributed by atoms with van der Waals surface area (Å²) in [6.45, 7) is 0.460. The van der Waals surface area contributed by atoms with Gasteiger partial charge in [0.25, 0.3) is 5.69 Å². The third-order valence-electron chi connectivity index (χ3n) is 3.94. The SMILES string of the molecule is COc1cccc([C@@H](CNc2ccc(C=O)cc2[N+](=O)[O-])N(C)C)c1. The molecule has 0 radical (unpaired) electrons. The topological polar surface area (TPSA) is 84.7 Å². The van der Waals surface area contributed by atoms with E-state index in [4.69, 9.17) is 4.74 Å². The molecule has 0 aliphatic heterocycles. The lowest BCUT2D eigenvalue weighted by molar-refractivity contribution is -0.384. The molecule has 1 atom stereocenters. The van der Waals surface area contributed by atoms with Gasteiger partial charge in [-0.2, -0.15) is 0 Å². The fourth-order valence-electron chi connectivity index (χ4n) is 2.58. The van der Waals surface area contributed by atoms with E-state index in [1.54, 1.807) is 19.2 Å². The molecule has 0 fully saturated rings. The molecule has 132 valence electrons. The fraction of sp³-hybridized carbons (Fsp3) is 0.278. The van der Waals surface area contributed by atoms with Crippen molar-refractivity contribution in [1.29, 1.82) is 0 Å². The number of rotatable bonds is 8. The van der Waals surface area contributed by atoms with Gasteiger partial charge in [0, 0.05) is 18.2 Å². The molecular formula is C18H21N3O4. The molecule has 0 saturated carbocycles. The summed E-state index contributed by atoms with van der Waals surface area (Å²) in [5.41, 5.74) is 1.57. The third-order valence-corrected chi connectivity index (χ3v) is 3.94. The molecule has 2 rings (SSSR count). The molecule has 0 bridgehead atoms. The summed E-state index contributed by atoms with van der Waals surface area (Å²) in [4.78, 5) is 23.6. The summed E-state index contributed by atoms with van der Waals surface area (Å²) in [5.74, 6) is 0.755. The standard InChI is InChI=1S/C18H21N3O4/c1-20(2)18(14-5-4-6-15(10-14)25-3)11-19-16-8-7-13(12-22)9-17(16)21(23)24/h4-10,12,18-19H,11H2,1-3H3/t18-/m1/s1. The molecule has 2 aromatic rings. The van der Waals surface area contributed by atoms with E-state index in [1.165, 1.54) is 6.07 Å². The smallest absolute Gasteiger partial charge is 0.293 e. The largest absolute Gasteiger partial charge is 0.497 e. The molecule has 7 heteroatoms. The van der Waals surface area contributed by atoms with E-state index in [0.29, 0.717) is 18.5 Å². The van der Waals surface area contributed by atoms with E-state index in [9.17, 15) is 14.9 Å². The quantitative estimate of drug-likeness (QED) is 0.450. The molecule has 2 aromatic carbocycles. The van der Waals surface area contributed by atoms with Crippen LogP contribution in [0, 0.1) is 10.1 Å². The van der Waals surface area contributed by atoms with Crippen LogP contribution in [-0.2, 0) is 0 Å². The number of nitro groups is 1. The minimum Gasteiger partial charge on any atom is -0.497 e. The number of carbonyl (C=O) groups is 1. The Morgan fingerprint density at radius 2 is 2.04 bits per heavy atom. The van der Waals surface area contributed by atoms with E-state index in [0.717, 1.165) is 11.3 Å². The van der Waals surface area contributed by atoms with E-state index >= 15 is 0 Å². The Balaban J connectivity index is 2.24. The highest BCUT2D eigenvalue weighted by Gasteiger charge is 2.18. The number of hydrogen-bond acceptors (Lipinski definition) is 6. The molecule has 0 spiro atoms. The zero-order valence-corrected chi connectivity index (χ0v) is 14.4. The normalized spacial score (nSPS) is 11.8. The summed E-state index contributed by atoms with van der Waals surface area (Å²) in [6.07, 6.45) is 0.593. The highest BCUT2D eigenvalue weighted by Crippen LogP contribution is 2.28. The first-order valence-electron chi connectivity index (χ1n) is 7.74. The van der Waals surface area contributed by atoms with Gasteiger partial charge in [0.05, 0.1) is 18.1 Å². The molecule has 0 heterocycles. The van der Waals surface area contributed by atoms with Crippen molar-refractivity contribution in [2.45, 2.75) is 6.04 Å². The Kier molecular flexibility index (Phi) is 6.08. The van der Waals surface area contributed by atoms with Crippen molar-refractivity contribution < 1.29 is 14.5 Å². The van der Waals surface area contributed by atoms with Crippen molar-refractivity contribution in [3.8, 4) is 5.75 Å². The average Bonchev–Trinajstić information content (AvgIpc) is 2.61. The number of benzene rings is 2. The number of ether oxygens (including phenoxy) is 1. The van der Waals surface area contributed by atoms with E-state index in [1.807, 2.05) is 43.3 Å². The summed E-state index contributed by atoms with van der Waals surface area (Å²) in [5, 5.41) is 14.4. The van der Waals surface area contributed by atoms with Gasteiger partial charge in [0.2, 0.25) is 0 Å². The number of nitro benzene ring substituents is 1. The van der Waals surface area contributed by atoms with Crippen LogP contribution in [-0.4, -0.2) is 43.9 Å². The number of carbonyl (C=O) groups excluding carboxylic acids is 1. The summed E-state index contributed by atoms with van der Waals surface area (Å²) < 4.78 is 5.26. The molecule has 0 saturated heterocycles. The number of anilines is 1. The summed E-state index contributed by atoms with van der Waals surface area (Å²) in [6, 6.07) is 12.1. The van der Waals surface area contributed by atoms with Crippen LogP contribution in [0.15, 0.2) is 42.5 Å². The molecule has 7 nitrogen and oxygen atoms in total. The van der Waals surface area contributed by atoms with Crippen LogP contribution >= 0.6 is 0 Å². The first-order valence-corrected chi connectivity index (χ1v) is 7.74. The zero-order chi connectivity index (χ0) is 18.4. The second kappa shape index (κ2) is 8.25. The van der Waals surface area contributed by atoms with E-state index < -0.39 is 4.92 Å². The van der Waals surface area contributed by atoms with Crippen molar-refractivity contribution in [3.63, 3.8) is 0 Å². The molecule has 25 heavy (non-hydrogen) atoms. The Labute approximate surface area is 146 Å². The second-order valence-electron chi connectivity index (χ2n) is 5.79. The number of nitrogens with one attached hydrogen (secondary N) is 1. The van der Waals surface area contributed by atoms with Gasteiger partial charge in [-0.15, -0.1) is 0 Å². The van der Waals surface area contributed by atoms with Gasteiger partial charge in [-0.1, -0.05) is 12.1 Å². The molecular weight excluding hydrogens is 322 g/mol. The van der Waals surface area contributed by atoms with Crippen LogP contribution in [0.4, 0.5) is 11.4 Å². The maximum Gasteiger partial charge on any atom is 0.293 e. The van der Waals surface area contributed by atoms with E-state index in [2.05, 4.69) is 5.32 Å². The number of likely N-dealkylation sites (N-methyl/N-ethyl adjacent to an activating group) is 1. The molecule has 0 aliphatic carbocycles. The predicted octanol–water partition coefficient (Wildman–Crippen LogP) is 3.13. The molecule has 0 amide bonds. The lowest BCUT2D eigenvalue weighted by atomic mass is 10.1. The number of aldehydes is 1. The first-order chi connectivity index (χ1) is 12.0. The monoisotopic (exact) mass is 343 g/mol. The Hall–Kier alpha value is -2.93. The van der Waals surface area contributed by atoms with Gasteiger partial charge < -0.3 is 15.0 Å². The van der Waals surface area contributed by atoms with Crippen molar-refractivity contribution in [2.75, 3.05) is 33.1 Å². The van der Waals surface area contributed by atoms with Crippen LogP contribution in [0.3, 0.4) is 0 Å². The van der Waals surface area contributed by atoms with Crippen LogP contribution in [0.5, 0.6) is 5.75 Å². The minimum atomic E-state index is -0.494. The van der Waals surface area contributed by atoms with Gasteiger partial charge in [-0.3, -0.25) is 14.9 Å². The molecule has 1 N–H and O–H groups in total. The van der Waals surface area contributed by atoms with E-state index in [-0.39, 0.29) is 17.3 Å². The average molecular weight is 343 g/mol. The number of nitrogens with zero attached hydrogens (tertiary/aromatic N) is 2. The van der Waals surface area contributed by atoms with Crippen molar-refractivity contribution in [2.24, 2.45) is 0 Å². The highest BCUT2D eigenvalue weighted by molar-refractivity contribution is 5.79. The summed E-state index contributed by atoms with van der Waals surface area (Å²) in [7, 11) is 5.49. The fourth-order valence-corrected chi connectivity index (χ4v) is 2.58. The Morgan fingerprint density at radius 1 is 1.28 bits per heavy atom.